The molecule has 0 aliphatic rings. The van der Waals surface area contributed by atoms with Crippen molar-refractivity contribution < 1.29 is 4.57 Å². The molecule has 0 N–H and O–H groups in total. The molecule has 0 amide bonds. The van der Waals surface area contributed by atoms with E-state index in [1.165, 1.54) is 16.2 Å². The van der Waals surface area contributed by atoms with Gasteiger partial charge < -0.3 is 4.57 Å². The summed E-state index contributed by atoms with van der Waals surface area (Å²) in [5.74, 6) is 0. The van der Waals surface area contributed by atoms with Crippen LogP contribution in [0.1, 0.15) is 0 Å². The van der Waals surface area contributed by atoms with Crippen LogP contribution in [0.15, 0.2) is 104 Å². The second-order valence-electron chi connectivity index (χ2n) is 7.47. The highest BCUT2D eigenvalue weighted by Gasteiger charge is 2.32. The van der Waals surface area contributed by atoms with Crippen LogP contribution in [0.5, 0.6) is 0 Å². The van der Waals surface area contributed by atoms with Crippen molar-refractivity contribution in [3.8, 4) is 0 Å². The normalized spacial score (nSPS) is 12.1. The van der Waals surface area contributed by atoms with E-state index in [0.29, 0.717) is 10.6 Å². The molecule has 0 atom stereocenters. The maximum absolute atomic E-state index is 14.9. The van der Waals surface area contributed by atoms with E-state index in [1.54, 1.807) is 24.8 Å². The van der Waals surface area contributed by atoms with Crippen molar-refractivity contribution >= 4 is 55.4 Å². The van der Waals surface area contributed by atoms with Gasteiger partial charge in [0.15, 0.2) is 7.14 Å². The van der Waals surface area contributed by atoms with Gasteiger partial charge in [-0.05, 0) is 62.6 Å². The topological polar surface area (TPSA) is 42.9 Å². The molecule has 4 aromatic carbocycles. The van der Waals surface area contributed by atoms with Gasteiger partial charge in [-0.25, -0.2) is 0 Å². The molecule has 0 radical (unpaired) electrons. The predicted molar refractivity (Wildman–Crippen MR) is 125 cm³/mol. The van der Waals surface area contributed by atoms with Crippen LogP contribution in [0.25, 0.3) is 32.3 Å². The number of benzene rings is 4. The molecule has 0 bridgehead atoms. The highest BCUT2D eigenvalue weighted by atomic mass is 31.2. The zero-order chi connectivity index (χ0) is 20.1. The minimum atomic E-state index is -3.16. The van der Waals surface area contributed by atoms with Gasteiger partial charge in [-0.3, -0.25) is 9.97 Å². The number of pyridine rings is 2. The second-order valence-corrected chi connectivity index (χ2v) is 10.2. The minimum absolute atomic E-state index is 0.716. The molecule has 0 aliphatic carbocycles. The third-order valence-electron chi connectivity index (χ3n) is 5.86. The Balaban J connectivity index is 1.79. The fourth-order valence-electron chi connectivity index (χ4n) is 4.50. The molecule has 6 rings (SSSR count). The maximum atomic E-state index is 14.9. The van der Waals surface area contributed by atoms with Crippen molar-refractivity contribution in [3.05, 3.63) is 104 Å². The molecule has 0 fully saturated rings. The summed E-state index contributed by atoms with van der Waals surface area (Å²) in [6.45, 7) is 0. The van der Waals surface area contributed by atoms with Gasteiger partial charge in [0.2, 0.25) is 0 Å². The average Bonchev–Trinajstić information content (AvgIpc) is 2.83. The van der Waals surface area contributed by atoms with Crippen molar-refractivity contribution in [1.29, 1.82) is 0 Å². The number of aromatic nitrogens is 2. The Kier molecular flexibility index (Phi) is 3.74. The van der Waals surface area contributed by atoms with E-state index in [0.717, 1.165) is 21.5 Å². The summed E-state index contributed by atoms with van der Waals surface area (Å²) in [4.78, 5) is 8.54. The fourth-order valence-corrected chi connectivity index (χ4v) is 7.22. The largest absolute Gasteiger partial charge is 0.308 e. The van der Waals surface area contributed by atoms with Crippen LogP contribution in [0.2, 0.25) is 0 Å². The lowest BCUT2D eigenvalue weighted by molar-refractivity contribution is 0.592. The molecule has 4 heteroatoms. The standard InChI is InChI=1S/C26H17N2OP/c29-30(21-6-2-14-27-16-21,22-7-3-15-28-17-22)24-13-11-20-9-8-18-4-1-5-19-10-12-23(24)26(20)25(18)19/h1-17H. The summed E-state index contributed by atoms with van der Waals surface area (Å²) in [5.41, 5.74) is 0. The summed E-state index contributed by atoms with van der Waals surface area (Å²) in [7, 11) is -3.16. The Bertz CT molecular complexity index is 1500. The van der Waals surface area contributed by atoms with E-state index < -0.39 is 7.14 Å². The van der Waals surface area contributed by atoms with E-state index in [2.05, 4.69) is 58.5 Å². The summed E-state index contributed by atoms with van der Waals surface area (Å²) < 4.78 is 14.9. The first-order valence-electron chi connectivity index (χ1n) is 9.85. The molecule has 30 heavy (non-hydrogen) atoms. The number of nitrogens with zero attached hydrogens (tertiary/aromatic N) is 2. The van der Waals surface area contributed by atoms with Crippen LogP contribution >= 0.6 is 7.14 Å². The van der Waals surface area contributed by atoms with Crippen LogP contribution < -0.4 is 15.9 Å². The molecule has 0 saturated heterocycles. The van der Waals surface area contributed by atoms with Crippen LogP contribution in [0.4, 0.5) is 0 Å². The van der Waals surface area contributed by atoms with Gasteiger partial charge in [0.05, 0.1) is 0 Å². The highest BCUT2D eigenvalue weighted by molar-refractivity contribution is 7.85. The number of hydrogen-bond donors (Lipinski definition) is 0. The van der Waals surface area contributed by atoms with Crippen LogP contribution in [-0.4, -0.2) is 9.97 Å². The molecule has 0 saturated carbocycles. The number of hydrogen-bond acceptors (Lipinski definition) is 3. The van der Waals surface area contributed by atoms with Gasteiger partial charge in [0.1, 0.15) is 0 Å². The van der Waals surface area contributed by atoms with Crippen LogP contribution in [0.3, 0.4) is 0 Å². The Morgan fingerprint density at radius 2 is 1.13 bits per heavy atom. The Morgan fingerprint density at radius 1 is 0.567 bits per heavy atom. The first-order chi connectivity index (χ1) is 14.8. The van der Waals surface area contributed by atoms with Crippen molar-refractivity contribution in [1.82, 2.24) is 9.97 Å². The van der Waals surface area contributed by atoms with Crippen LogP contribution in [0, 0.1) is 0 Å². The van der Waals surface area contributed by atoms with Crippen molar-refractivity contribution in [2.24, 2.45) is 0 Å². The zero-order valence-electron chi connectivity index (χ0n) is 16.1. The molecular formula is C26H17N2OP. The van der Waals surface area contributed by atoms with E-state index in [1.807, 2.05) is 30.3 Å². The Hall–Kier alpha value is -3.55. The zero-order valence-corrected chi connectivity index (χ0v) is 17.0. The van der Waals surface area contributed by atoms with Crippen molar-refractivity contribution in [2.45, 2.75) is 0 Å². The quantitative estimate of drug-likeness (QED) is 0.308. The number of rotatable bonds is 3. The van der Waals surface area contributed by atoms with Gasteiger partial charge in [0.25, 0.3) is 0 Å². The summed E-state index contributed by atoms with van der Waals surface area (Å²) in [6.07, 6.45) is 6.85. The molecule has 6 aromatic rings. The molecule has 3 nitrogen and oxygen atoms in total. The molecular weight excluding hydrogens is 387 g/mol. The van der Waals surface area contributed by atoms with Gasteiger partial charge in [-0.15, -0.1) is 0 Å². The monoisotopic (exact) mass is 404 g/mol. The molecule has 2 heterocycles. The van der Waals surface area contributed by atoms with Gasteiger partial charge in [-0.1, -0.05) is 48.5 Å². The first-order valence-corrected chi connectivity index (χ1v) is 11.6. The summed E-state index contributed by atoms with van der Waals surface area (Å²) in [6, 6.07) is 26.5. The molecule has 0 unspecified atom stereocenters. The molecule has 0 spiro atoms. The van der Waals surface area contributed by atoms with Gasteiger partial charge >= 0.3 is 0 Å². The lowest BCUT2D eigenvalue weighted by Gasteiger charge is -2.22. The van der Waals surface area contributed by atoms with Crippen LogP contribution in [-0.2, 0) is 4.57 Å². The highest BCUT2D eigenvalue weighted by Crippen LogP contribution is 2.46. The second kappa shape index (κ2) is 6.48. The van der Waals surface area contributed by atoms with Gasteiger partial charge in [-0.2, -0.15) is 0 Å². The maximum Gasteiger partial charge on any atom is 0.174 e. The van der Waals surface area contributed by atoms with Crippen molar-refractivity contribution in [2.75, 3.05) is 0 Å². The van der Waals surface area contributed by atoms with E-state index >= 15 is 0 Å². The van der Waals surface area contributed by atoms with Gasteiger partial charge in [0, 0.05) is 40.7 Å². The molecule has 142 valence electrons. The van der Waals surface area contributed by atoms with E-state index in [9.17, 15) is 4.57 Å². The first kappa shape index (κ1) is 17.3. The molecule has 2 aromatic heterocycles. The summed E-state index contributed by atoms with van der Waals surface area (Å²) >= 11 is 0. The smallest absolute Gasteiger partial charge is 0.174 e. The Morgan fingerprint density at radius 3 is 1.73 bits per heavy atom. The molecule has 0 aliphatic heterocycles. The average molecular weight is 404 g/mol. The lowest BCUT2D eigenvalue weighted by Crippen LogP contribution is -2.26. The summed E-state index contributed by atoms with van der Waals surface area (Å²) in [5, 5.41) is 9.21. The minimum Gasteiger partial charge on any atom is -0.308 e. The Labute approximate surface area is 173 Å². The van der Waals surface area contributed by atoms with E-state index in [4.69, 9.17) is 0 Å². The fraction of sp³-hybridized carbons (Fsp3) is 0. The third kappa shape index (κ3) is 2.36. The SMILES string of the molecule is O=P(c1cccnc1)(c1cccnc1)c1ccc2ccc3cccc4ccc1c2c34. The third-order valence-corrected chi connectivity index (χ3v) is 8.92. The predicted octanol–water partition coefficient (Wildman–Crippen LogP) is 5.01. The van der Waals surface area contributed by atoms with E-state index in [-0.39, 0.29) is 0 Å². The lowest BCUT2D eigenvalue weighted by atomic mass is 9.94. The van der Waals surface area contributed by atoms with Crippen molar-refractivity contribution in [3.63, 3.8) is 0 Å².